The SMILES string of the molecule is CCOC1CC(N)(C(=O)Nc2ccc(OC3CCOC3)cc2)C1(C)C.Cl. The number of hydrogen-bond donors (Lipinski definition) is 2. The van der Waals surface area contributed by atoms with Crippen molar-refractivity contribution in [3.63, 3.8) is 0 Å². The minimum atomic E-state index is -0.927. The topological polar surface area (TPSA) is 82.8 Å². The highest BCUT2D eigenvalue weighted by Gasteiger charge is 2.62. The molecule has 1 aliphatic carbocycles. The first-order chi connectivity index (χ1) is 11.9. The van der Waals surface area contributed by atoms with Crippen molar-refractivity contribution in [1.29, 1.82) is 0 Å². The summed E-state index contributed by atoms with van der Waals surface area (Å²) >= 11 is 0. The first-order valence-electron chi connectivity index (χ1n) is 8.93. The Balaban J connectivity index is 0.00000243. The lowest BCUT2D eigenvalue weighted by molar-refractivity contribution is -0.166. The van der Waals surface area contributed by atoms with E-state index in [2.05, 4.69) is 5.32 Å². The average molecular weight is 385 g/mol. The van der Waals surface area contributed by atoms with Gasteiger partial charge in [-0.3, -0.25) is 4.79 Å². The molecule has 6 nitrogen and oxygen atoms in total. The molecule has 3 unspecified atom stereocenters. The maximum absolute atomic E-state index is 12.7. The van der Waals surface area contributed by atoms with E-state index in [1.165, 1.54) is 0 Å². The van der Waals surface area contributed by atoms with Crippen LogP contribution in [0.2, 0.25) is 0 Å². The van der Waals surface area contributed by atoms with Gasteiger partial charge in [-0.2, -0.15) is 0 Å². The van der Waals surface area contributed by atoms with E-state index in [1.807, 2.05) is 45.0 Å². The molecule has 1 aromatic carbocycles. The number of carbonyl (C=O) groups is 1. The molecule has 7 heteroatoms. The van der Waals surface area contributed by atoms with Crippen LogP contribution in [0.3, 0.4) is 0 Å². The van der Waals surface area contributed by atoms with Crippen molar-refractivity contribution in [2.24, 2.45) is 11.1 Å². The summed E-state index contributed by atoms with van der Waals surface area (Å²) in [5, 5.41) is 2.92. The summed E-state index contributed by atoms with van der Waals surface area (Å²) in [6, 6.07) is 7.37. The fourth-order valence-corrected chi connectivity index (χ4v) is 3.48. The van der Waals surface area contributed by atoms with Crippen molar-refractivity contribution in [2.75, 3.05) is 25.1 Å². The van der Waals surface area contributed by atoms with Crippen LogP contribution in [0.1, 0.15) is 33.6 Å². The maximum atomic E-state index is 12.7. The highest BCUT2D eigenvalue weighted by molar-refractivity contribution is 5.99. The van der Waals surface area contributed by atoms with Crippen LogP contribution in [-0.2, 0) is 14.3 Å². The monoisotopic (exact) mass is 384 g/mol. The van der Waals surface area contributed by atoms with Gasteiger partial charge in [0.05, 0.1) is 19.3 Å². The minimum absolute atomic E-state index is 0. The van der Waals surface area contributed by atoms with E-state index in [0.717, 1.165) is 18.8 Å². The predicted octanol–water partition coefficient (Wildman–Crippen LogP) is 2.75. The molecule has 3 rings (SSSR count). The molecule has 3 atom stereocenters. The Labute approximate surface area is 161 Å². The Morgan fingerprint density at radius 1 is 1.35 bits per heavy atom. The van der Waals surface area contributed by atoms with E-state index in [4.69, 9.17) is 19.9 Å². The summed E-state index contributed by atoms with van der Waals surface area (Å²) in [6.45, 7) is 7.92. The normalized spacial score (nSPS) is 29.4. The van der Waals surface area contributed by atoms with Crippen LogP contribution in [0.4, 0.5) is 5.69 Å². The lowest BCUT2D eigenvalue weighted by Gasteiger charge is -2.57. The smallest absolute Gasteiger partial charge is 0.245 e. The molecule has 2 fully saturated rings. The predicted molar refractivity (Wildman–Crippen MR) is 103 cm³/mol. The Morgan fingerprint density at radius 2 is 2.04 bits per heavy atom. The number of hydrogen-bond acceptors (Lipinski definition) is 5. The van der Waals surface area contributed by atoms with Crippen LogP contribution in [0.5, 0.6) is 5.75 Å². The van der Waals surface area contributed by atoms with Crippen molar-refractivity contribution in [1.82, 2.24) is 0 Å². The second-order valence-electron chi connectivity index (χ2n) is 7.42. The molecule has 1 amide bonds. The molecular weight excluding hydrogens is 356 g/mol. The van der Waals surface area contributed by atoms with Crippen LogP contribution >= 0.6 is 12.4 Å². The number of carbonyl (C=O) groups excluding carboxylic acids is 1. The van der Waals surface area contributed by atoms with E-state index < -0.39 is 11.0 Å². The van der Waals surface area contributed by atoms with Crippen LogP contribution in [0.25, 0.3) is 0 Å². The summed E-state index contributed by atoms with van der Waals surface area (Å²) in [4.78, 5) is 12.7. The van der Waals surface area contributed by atoms with Gasteiger partial charge in [0, 0.05) is 30.6 Å². The summed E-state index contributed by atoms with van der Waals surface area (Å²) in [5.41, 5.74) is 5.78. The number of amides is 1. The molecular formula is C19H29ClN2O4. The highest BCUT2D eigenvalue weighted by atomic mass is 35.5. The van der Waals surface area contributed by atoms with Gasteiger partial charge in [0.2, 0.25) is 5.91 Å². The molecule has 0 bridgehead atoms. The Morgan fingerprint density at radius 3 is 2.58 bits per heavy atom. The van der Waals surface area contributed by atoms with Gasteiger partial charge in [0.25, 0.3) is 0 Å². The molecule has 1 aromatic rings. The Kier molecular flexibility index (Phi) is 6.55. The van der Waals surface area contributed by atoms with E-state index in [0.29, 0.717) is 25.3 Å². The second-order valence-corrected chi connectivity index (χ2v) is 7.42. The molecule has 1 saturated carbocycles. The third-order valence-corrected chi connectivity index (χ3v) is 5.54. The van der Waals surface area contributed by atoms with Gasteiger partial charge < -0.3 is 25.3 Å². The van der Waals surface area contributed by atoms with Gasteiger partial charge >= 0.3 is 0 Å². The second kappa shape index (κ2) is 8.13. The van der Waals surface area contributed by atoms with Crippen LogP contribution in [-0.4, -0.2) is 43.5 Å². The zero-order chi connectivity index (χ0) is 18.1. The van der Waals surface area contributed by atoms with Crippen molar-refractivity contribution in [3.8, 4) is 5.75 Å². The molecule has 1 aliphatic heterocycles. The van der Waals surface area contributed by atoms with Crippen LogP contribution < -0.4 is 15.8 Å². The summed E-state index contributed by atoms with van der Waals surface area (Å²) < 4.78 is 16.8. The fraction of sp³-hybridized carbons (Fsp3) is 0.632. The van der Waals surface area contributed by atoms with Gasteiger partial charge in [0.1, 0.15) is 17.4 Å². The van der Waals surface area contributed by atoms with E-state index in [9.17, 15) is 4.79 Å². The first kappa shape index (κ1) is 21.0. The standard InChI is InChI=1S/C19H28N2O4.ClH/c1-4-24-16-11-19(20,18(16,2)3)17(22)21-13-5-7-14(8-6-13)25-15-9-10-23-12-15;/h5-8,15-16H,4,9-12,20H2,1-3H3,(H,21,22);1H. The zero-order valence-electron chi connectivity index (χ0n) is 15.6. The molecule has 1 saturated heterocycles. The first-order valence-corrected chi connectivity index (χ1v) is 8.93. The van der Waals surface area contributed by atoms with E-state index in [-0.39, 0.29) is 30.5 Å². The van der Waals surface area contributed by atoms with Gasteiger partial charge in [-0.25, -0.2) is 0 Å². The number of nitrogens with two attached hydrogens (primary N) is 1. The number of anilines is 1. The number of rotatable bonds is 6. The minimum Gasteiger partial charge on any atom is -0.488 e. The number of ether oxygens (including phenoxy) is 3. The molecule has 2 aliphatic rings. The lowest BCUT2D eigenvalue weighted by Crippen LogP contribution is -2.74. The quantitative estimate of drug-likeness (QED) is 0.788. The van der Waals surface area contributed by atoms with Crippen molar-refractivity contribution in [3.05, 3.63) is 24.3 Å². The molecule has 0 radical (unpaired) electrons. The molecule has 26 heavy (non-hydrogen) atoms. The van der Waals surface area contributed by atoms with Crippen molar-refractivity contribution < 1.29 is 19.0 Å². The van der Waals surface area contributed by atoms with Gasteiger partial charge in [0.15, 0.2) is 0 Å². The molecule has 3 N–H and O–H groups in total. The summed E-state index contributed by atoms with van der Waals surface area (Å²) in [7, 11) is 0. The van der Waals surface area contributed by atoms with Crippen LogP contribution in [0.15, 0.2) is 24.3 Å². The van der Waals surface area contributed by atoms with Gasteiger partial charge in [-0.15, -0.1) is 12.4 Å². The van der Waals surface area contributed by atoms with Crippen LogP contribution in [0, 0.1) is 5.41 Å². The molecule has 146 valence electrons. The summed E-state index contributed by atoms with van der Waals surface area (Å²) in [5.74, 6) is 0.600. The maximum Gasteiger partial charge on any atom is 0.245 e. The largest absolute Gasteiger partial charge is 0.488 e. The Hall–Kier alpha value is -1.34. The third kappa shape index (κ3) is 3.83. The molecule has 1 heterocycles. The summed E-state index contributed by atoms with van der Waals surface area (Å²) in [6.07, 6.45) is 1.56. The third-order valence-electron chi connectivity index (χ3n) is 5.54. The van der Waals surface area contributed by atoms with E-state index in [1.54, 1.807) is 0 Å². The highest BCUT2D eigenvalue weighted by Crippen LogP contribution is 2.50. The zero-order valence-corrected chi connectivity index (χ0v) is 16.4. The number of benzene rings is 1. The average Bonchev–Trinajstić information content (AvgIpc) is 3.09. The number of nitrogens with one attached hydrogen (secondary N) is 1. The van der Waals surface area contributed by atoms with Crippen molar-refractivity contribution >= 4 is 24.0 Å². The lowest BCUT2D eigenvalue weighted by atomic mass is 9.54. The van der Waals surface area contributed by atoms with Gasteiger partial charge in [-0.1, -0.05) is 13.8 Å². The Bertz CT molecular complexity index is 616. The molecule has 0 spiro atoms. The van der Waals surface area contributed by atoms with Gasteiger partial charge in [-0.05, 0) is 31.2 Å². The van der Waals surface area contributed by atoms with E-state index >= 15 is 0 Å². The van der Waals surface area contributed by atoms with Crippen molar-refractivity contribution in [2.45, 2.75) is 51.4 Å². The fourth-order valence-electron chi connectivity index (χ4n) is 3.48. The molecule has 0 aromatic heterocycles. The number of halogens is 1.